The highest BCUT2D eigenvalue weighted by atomic mass is 35.5. The van der Waals surface area contributed by atoms with Crippen LogP contribution in [0.5, 0.6) is 0 Å². The second kappa shape index (κ2) is 8.55. The lowest BCUT2D eigenvalue weighted by molar-refractivity contribution is 0.400. The van der Waals surface area contributed by atoms with Gasteiger partial charge in [-0.2, -0.15) is 5.10 Å². The van der Waals surface area contributed by atoms with Crippen LogP contribution in [0.25, 0.3) is 22.5 Å². The number of aromatic nitrogens is 2. The van der Waals surface area contributed by atoms with Crippen LogP contribution in [-0.4, -0.2) is 16.4 Å². The van der Waals surface area contributed by atoms with E-state index >= 15 is 0 Å². The van der Waals surface area contributed by atoms with Gasteiger partial charge >= 0.3 is 0 Å². The number of anilines is 1. The zero-order valence-corrected chi connectivity index (χ0v) is 18.1. The Hall–Kier alpha value is -2.38. The third-order valence-electron chi connectivity index (χ3n) is 4.08. The molecule has 0 bridgehead atoms. The number of nitrogens with zero attached hydrogens (tertiary/aromatic N) is 3. The minimum Gasteiger partial charge on any atom is -0.360 e. The topological polar surface area (TPSA) is 63.3 Å². The Morgan fingerprint density at radius 3 is 2.72 bits per heavy atom. The van der Waals surface area contributed by atoms with Crippen LogP contribution in [-0.2, 0) is 0 Å². The van der Waals surface area contributed by atoms with E-state index in [0.717, 1.165) is 16.7 Å². The second-order valence-corrected chi connectivity index (χ2v) is 8.12. The second-order valence-electron chi connectivity index (χ2n) is 6.02. The Morgan fingerprint density at radius 2 is 1.93 bits per heavy atom. The van der Waals surface area contributed by atoms with Gasteiger partial charge in [0, 0.05) is 26.6 Å². The number of hydrogen-bond acceptors (Lipinski definition) is 6. The van der Waals surface area contributed by atoms with Gasteiger partial charge in [0.15, 0.2) is 0 Å². The molecule has 2 aromatic carbocycles. The molecule has 0 spiro atoms. The summed E-state index contributed by atoms with van der Waals surface area (Å²) in [6.07, 6.45) is 1.65. The van der Waals surface area contributed by atoms with Gasteiger partial charge in [-0.1, -0.05) is 58.2 Å². The molecule has 0 unspecified atom stereocenters. The Kier molecular flexibility index (Phi) is 5.87. The molecule has 1 N–H and O–H groups in total. The van der Waals surface area contributed by atoms with Crippen molar-refractivity contribution in [3.8, 4) is 22.5 Å². The summed E-state index contributed by atoms with van der Waals surface area (Å²) in [5.74, 6) is 0.641. The van der Waals surface area contributed by atoms with Gasteiger partial charge in [0.05, 0.1) is 22.5 Å². The molecule has 0 amide bonds. The van der Waals surface area contributed by atoms with E-state index in [4.69, 9.17) is 39.3 Å². The summed E-state index contributed by atoms with van der Waals surface area (Å²) in [7, 11) is 0. The number of nitrogens with one attached hydrogen (secondary N) is 1. The van der Waals surface area contributed by atoms with E-state index in [0.29, 0.717) is 37.3 Å². The van der Waals surface area contributed by atoms with Crippen molar-refractivity contribution in [1.82, 2.24) is 10.1 Å². The molecular weight excluding hydrogens is 451 g/mol. The maximum absolute atomic E-state index is 6.35. The predicted molar refractivity (Wildman–Crippen MR) is 120 cm³/mol. The Bertz CT molecular complexity index is 1200. The SMILES string of the molecule is Cc1onc(-c2ccc(Cl)cc2Cl)c1-c1csc(N/N=C\c2ccccc2Cl)n1. The van der Waals surface area contributed by atoms with Gasteiger partial charge in [-0.3, -0.25) is 5.43 Å². The first kappa shape index (κ1) is 19.9. The van der Waals surface area contributed by atoms with Crippen LogP contribution in [0.4, 0.5) is 5.13 Å². The summed E-state index contributed by atoms with van der Waals surface area (Å²) in [5.41, 5.74) is 6.56. The van der Waals surface area contributed by atoms with Crippen molar-refractivity contribution in [3.05, 3.63) is 74.2 Å². The van der Waals surface area contributed by atoms with Crippen molar-refractivity contribution in [1.29, 1.82) is 0 Å². The Balaban J connectivity index is 1.60. The first-order valence-corrected chi connectivity index (χ1v) is 10.5. The largest absolute Gasteiger partial charge is 0.360 e. The van der Waals surface area contributed by atoms with E-state index in [-0.39, 0.29) is 0 Å². The fraction of sp³-hybridized carbons (Fsp3) is 0.0500. The zero-order valence-electron chi connectivity index (χ0n) is 15.0. The van der Waals surface area contributed by atoms with Crippen molar-refractivity contribution in [2.45, 2.75) is 6.92 Å². The zero-order chi connectivity index (χ0) is 20.4. The van der Waals surface area contributed by atoms with Gasteiger partial charge in [-0.05, 0) is 31.2 Å². The number of hydrogen-bond donors (Lipinski definition) is 1. The summed E-state index contributed by atoms with van der Waals surface area (Å²) in [5, 5.41) is 12.6. The molecule has 9 heteroatoms. The number of hydrazone groups is 1. The van der Waals surface area contributed by atoms with Crippen molar-refractivity contribution < 1.29 is 4.52 Å². The van der Waals surface area contributed by atoms with E-state index in [1.807, 2.05) is 42.6 Å². The lowest BCUT2D eigenvalue weighted by Crippen LogP contribution is -1.91. The first-order chi connectivity index (χ1) is 14.0. The summed E-state index contributed by atoms with van der Waals surface area (Å²) in [6.45, 7) is 1.83. The van der Waals surface area contributed by atoms with Crippen LogP contribution in [0.1, 0.15) is 11.3 Å². The van der Waals surface area contributed by atoms with Gasteiger partial charge in [-0.25, -0.2) is 4.98 Å². The number of aryl methyl sites for hydroxylation is 1. The Morgan fingerprint density at radius 1 is 1.10 bits per heavy atom. The molecule has 2 aromatic heterocycles. The first-order valence-electron chi connectivity index (χ1n) is 8.44. The summed E-state index contributed by atoms with van der Waals surface area (Å²) in [4.78, 5) is 4.59. The molecule has 4 aromatic rings. The number of halogens is 3. The average Bonchev–Trinajstić information content (AvgIpc) is 3.30. The highest BCUT2D eigenvalue weighted by Crippen LogP contribution is 2.39. The van der Waals surface area contributed by atoms with E-state index < -0.39 is 0 Å². The highest BCUT2D eigenvalue weighted by molar-refractivity contribution is 7.14. The van der Waals surface area contributed by atoms with E-state index in [1.54, 1.807) is 18.3 Å². The number of rotatable bonds is 5. The van der Waals surface area contributed by atoms with Crippen LogP contribution < -0.4 is 5.43 Å². The fourth-order valence-corrected chi connectivity index (χ4v) is 4.05. The number of benzene rings is 2. The maximum atomic E-state index is 6.35. The van der Waals surface area contributed by atoms with E-state index in [9.17, 15) is 0 Å². The van der Waals surface area contributed by atoms with Crippen LogP contribution in [0.3, 0.4) is 0 Å². The molecule has 4 rings (SSSR count). The highest BCUT2D eigenvalue weighted by Gasteiger charge is 2.21. The smallest absolute Gasteiger partial charge is 0.203 e. The van der Waals surface area contributed by atoms with Gasteiger partial charge in [-0.15, -0.1) is 11.3 Å². The lowest BCUT2D eigenvalue weighted by Gasteiger charge is -2.03. The van der Waals surface area contributed by atoms with Gasteiger partial charge < -0.3 is 4.52 Å². The minimum absolute atomic E-state index is 0.491. The minimum atomic E-state index is 0.491. The van der Waals surface area contributed by atoms with Crippen molar-refractivity contribution in [3.63, 3.8) is 0 Å². The van der Waals surface area contributed by atoms with Gasteiger partial charge in [0.2, 0.25) is 5.13 Å². The molecule has 5 nitrogen and oxygen atoms in total. The van der Waals surface area contributed by atoms with E-state index in [2.05, 4.69) is 20.7 Å². The molecule has 0 aliphatic carbocycles. The van der Waals surface area contributed by atoms with Gasteiger partial charge in [0.1, 0.15) is 11.5 Å². The molecule has 0 aliphatic heterocycles. The third-order valence-corrected chi connectivity index (χ3v) is 5.72. The normalized spacial score (nSPS) is 11.3. The molecule has 0 fully saturated rings. The molecule has 0 radical (unpaired) electrons. The van der Waals surface area contributed by atoms with Crippen LogP contribution in [0.15, 0.2) is 57.5 Å². The van der Waals surface area contributed by atoms with Crippen LogP contribution >= 0.6 is 46.1 Å². The van der Waals surface area contributed by atoms with Crippen LogP contribution in [0.2, 0.25) is 15.1 Å². The lowest BCUT2D eigenvalue weighted by atomic mass is 10.0. The molecule has 29 heavy (non-hydrogen) atoms. The predicted octanol–water partition coefficient (Wildman–Crippen LogP) is 7.18. The molecule has 0 saturated heterocycles. The maximum Gasteiger partial charge on any atom is 0.203 e. The molecule has 2 heterocycles. The molecular formula is C20H13Cl3N4OS. The summed E-state index contributed by atoms with van der Waals surface area (Å²) >= 11 is 19.9. The van der Waals surface area contributed by atoms with Crippen molar-refractivity contribution in [2.24, 2.45) is 5.10 Å². The summed E-state index contributed by atoms with van der Waals surface area (Å²) < 4.78 is 5.41. The standard InChI is InChI=1S/C20H13Cl3N4OS/c1-11-18(19(27-28-11)14-7-6-13(21)8-16(14)23)17-10-29-20(25-17)26-24-9-12-4-2-3-5-15(12)22/h2-10H,1H3,(H,25,26)/b24-9-. The van der Waals surface area contributed by atoms with Crippen molar-refractivity contribution in [2.75, 3.05) is 5.43 Å². The molecule has 0 atom stereocenters. The quantitative estimate of drug-likeness (QED) is 0.251. The molecule has 146 valence electrons. The fourth-order valence-electron chi connectivity index (χ4n) is 2.72. The van der Waals surface area contributed by atoms with Crippen LogP contribution in [0, 0.1) is 6.92 Å². The Labute approximate surface area is 185 Å². The molecule has 0 aliphatic rings. The number of thiazole rings is 1. The average molecular weight is 464 g/mol. The van der Waals surface area contributed by atoms with Gasteiger partial charge in [0.25, 0.3) is 0 Å². The monoisotopic (exact) mass is 462 g/mol. The molecule has 0 saturated carbocycles. The van der Waals surface area contributed by atoms with E-state index in [1.165, 1.54) is 11.3 Å². The van der Waals surface area contributed by atoms with Crippen molar-refractivity contribution >= 4 is 57.5 Å². The summed E-state index contributed by atoms with van der Waals surface area (Å²) in [6, 6.07) is 12.7. The third kappa shape index (κ3) is 4.31.